The molecule has 4 N–H and O–H groups in total. The highest BCUT2D eigenvalue weighted by molar-refractivity contribution is 5.95. The number of carbonyl (C=O) groups is 1. The minimum atomic E-state index is -0.102. The second-order valence-corrected chi connectivity index (χ2v) is 3.66. The fourth-order valence-electron chi connectivity index (χ4n) is 1.51. The molecule has 17 heavy (non-hydrogen) atoms. The van der Waals surface area contributed by atoms with E-state index in [-0.39, 0.29) is 18.7 Å². The van der Waals surface area contributed by atoms with Crippen LogP contribution in [0.1, 0.15) is 21.9 Å². The molecule has 0 bridgehead atoms. The smallest absolute Gasteiger partial charge is 0.202 e. The predicted octanol–water partition coefficient (Wildman–Crippen LogP) is 1.14. The Morgan fingerprint density at radius 3 is 2.82 bits per heavy atom. The summed E-state index contributed by atoms with van der Waals surface area (Å²) in [7, 11) is 0. The van der Waals surface area contributed by atoms with Crippen LogP contribution in [-0.4, -0.2) is 10.8 Å². The summed E-state index contributed by atoms with van der Waals surface area (Å²) in [6.07, 6.45) is 1.82. The monoisotopic (exact) mass is 231 g/mol. The molecule has 5 nitrogen and oxygen atoms in total. The van der Waals surface area contributed by atoms with E-state index < -0.39 is 0 Å². The summed E-state index contributed by atoms with van der Waals surface area (Å²) in [6, 6.07) is 6.76. The Morgan fingerprint density at radius 1 is 1.35 bits per heavy atom. The molecule has 0 spiro atoms. The maximum atomic E-state index is 11.9. The number of furan rings is 1. The summed E-state index contributed by atoms with van der Waals surface area (Å²) >= 11 is 0. The number of pyridine rings is 1. The van der Waals surface area contributed by atoms with Gasteiger partial charge in [-0.1, -0.05) is 0 Å². The van der Waals surface area contributed by atoms with E-state index in [9.17, 15) is 4.79 Å². The lowest BCUT2D eigenvalue weighted by atomic mass is 10.1. The van der Waals surface area contributed by atoms with Gasteiger partial charge in [-0.05, 0) is 29.8 Å². The number of ketones is 1. The van der Waals surface area contributed by atoms with Crippen LogP contribution < -0.4 is 11.5 Å². The maximum absolute atomic E-state index is 11.9. The first kappa shape index (κ1) is 11.3. The summed E-state index contributed by atoms with van der Waals surface area (Å²) in [6.45, 7) is 0.287. The molecule has 0 radical (unpaired) electrons. The Balaban J connectivity index is 2.11. The molecular weight excluding hydrogens is 218 g/mol. The van der Waals surface area contributed by atoms with Gasteiger partial charge in [0.05, 0.1) is 6.54 Å². The summed E-state index contributed by atoms with van der Waals surface area (Å²) < 4.78 is 5.28. The molecule has 2 heterocycles. The average molecular weight is 231 g/mol. The van der Waals surface area contributed by atoms with Crippen molar-refractivity contribution in [1.29, 1.82) is 0 Å². The van der Waals surface area contributed by atoms with Crippen LogP contribution in [0.5, 0.6) is 0 Å². The van der Waals surface area contributed by atoms with Gasteiger partial charge >= 0.3 is 0 Å². The Kier molecular flexibility index (Phi) is 3.20. The fraction of sp³-hybridized carbons (Fsp3) is 0.167. The van der Waals surface area contributed by atoms with Crippen molar-refractivity contribution in [3.05, 3.63) is 47.5 Å². The number of aromatic nitrogens is 1. The minimum absolute atomic E-state index is 0.102. The summed E-state index contributed by atoms with van der Waals surface area (Å²) in [5, 5.41) is 0. The average Bonchev–Trinajstić information content (AvgIpc) is 2.77. The summed E-state index contributed by atoms with van der Waals surface area (Å²) in [5.41, 5.74) is 11.8. The number of Topliss-reactive ketones (excluding diaryl/α,β-unsaturated/α-hetero) is 1. The van der Waals surface area contributed by atoms with Gasteiger partial charge in [0.15, 0.2) is 5.76 Å². The van der Waals surface area contributed by atoms with Crippen molar-refractivity contribution in [2.75, 3.05) is 5.73 Å². The molecule has 0 aliphatic heterocycles. The van der Waals surface area contributed by atoms with Gasteiger partial charge in [0.2, 0.25) is 5.78 Å². The Bertz CT molecular complexity index is 534. The van der Waals surface area contributed by atoms with E-state index in [1.54, 1.807) is 30.5 Å². The molecule has 0 aliphatic rings. The van der Waals surface area contributed by atoms with Crippen molar-refractivity contribution in [2.24, 2.45) is 5.73 Å². The molecule has 0 amide bonds. The third-order valence-electron chi connectivity index (χ3n) is 2.35. The Morgan fingerprint density at radius 2 is 2.18 bits per heavy atom. The molecule has 0 aromatic carbocycles. The SMILES string of the molecule is NCc1ccc(C(=O)Cc2ccnc(N)c2)o1. The maximum Gasteiger partial charge on any atom is 0.202 e. The number of nitrogens with zero attached hydrogens (tertiary/aromatic N) is 1. The number of hydrogen-bond donors (Lipinski definition) is 2. The summed E-state index contributed by atoms with van der Waals surface area (Å²) in [5.74, 6) is 1.22. The van der Waals surface area contributed by atoms with Crippen LogP contribution in [-0.2, 0) is 13.0 Å². The molecule has 88 valence electrons. The molecule has 0 saturated carbocycles. The first-order valence-corrected chi connectivity index (χ1v) is 5.21. The third-order valence-corrected chi connectivity index (χ3v) is 2.35. The van der Waals surface area contributed by atoms with Crippen LogP contribution in [0.2, 0.25) is 0 Å². The lowest BCUT2D eigenvalue weighted by molar-refractivity contribution is 0.0964. The van der Waals surface area contributed by atoms with Gasteiger partial charge < -0.3 is 15.9 Å². The van der Waals surface area contributed by atoms with Crippen LogP contribution in [0.25, 0.3) is 0 Å². The number of anilines is 1. The molecule has 0 unspecified atom stereocenters. The molecule has 5 heteroatoms. The van der Waals surface area contributed by atoms with Crippen LogP contribution in [0.3, 0.4) is 0 Å². The lowest BCUT2D eigenvalue weighted by Crippen LogP contribution is -2.03. The number of carbonyl (C=O) groups excluding carboxylic acids is 1. The van der Waals surface area contributed by atoms with Gasteiger partial charge in [-0.3, -0.25) is 4.79 Å². The Hall–Kier alpha value is -2.14. The Labute approximate surface area is 98.4 Å². The number of nitrogen functional groups attached to an aromatic ring is 1. The molecule has 2 aromatic rings. The molecule has 2 rings (SSSR count). The quantitative estimate of drug-likeness (QED) is 0.769. The van der Waals surface area contributed by atoms with Crippen molar-refractivity contribution in [3.8, 4) is 0 Å². The standard InChI is InChI=1S/C12H13N3O2/c13-7-9-1-2-11(17-9)10(16)5-8-3-4-15-12(14)6-8/h1-4,6H,5,7,13H2,(H2,14,15). The molecule has 2 aromatic heterocycles. The zero-order chi connectivity index (χ0) is 12.3. The molecule has 0 saturated heterocycles. The topological polar surface area (TPSA) is 95.1 Å². The van der Waals surface area contributed by atoms with Crippen LogP contribution in [0.15, 0.2) is 34.9 Å². The van der Waals surface area contributed by atoms with Gasteiger partial charge in [-0.2, -0.15) is 0 Å². The predicted molar refractivity (Wildman–Crippen MR) is 63.3 cm³/mol. The van der Waals surface area contributed by atoms with Crippen molar-refractivity contribution < 1.29 is 9.21 Å². The van der Waals surface area contributed by atoms with Crippen LogP contribution in [0.4, 0.5) is 5.82 Å². The van der Waals surface area contributed by atoms with E-state index in [2.05, 4.69) is 4.98 Å². The van der Waals surface area contributed by atoms with Crippen LogP contribution >= 0.6 is 0 Å². The van der Waals surface area contributed by atoms with E-state index in [0.29, 0.717) is 17.3 Å². The highest BCUT2D eigenvalue weighted by Gasteiger charge is 2.11. The van der Waals surface area contributed by atoms with Gasteiger partial charge in [-0.25, -0.2) is 4.98 Å². The molecule has 0 fully saturated rings. The van der Waals surface area contributed by atoms with Crippen molar-refractivity contribution in [2.45, 2.75) is 13.0 Å². The highest BCUT2D eigenvalue weighted by Crippen LogP contribution is 2.12. The lowest BCUT2D eigenvalue weighted by Gasteiger charge is -1.99. The zero-order valence-electron chi connectivity index (χ0n) is 9.22. The zero-order valence-corrected chi connectivity index (χ0v) is 9.22. The summed E-state index contributed by atoms with van der Waals surface area (Å²) in [4.78, 5) is 15.7. The van der Waals surface area contributed by atoms with Gasteiger partial charge in [-0.15, -0.1) is 0 Å². The van der Waals surface area contributed by atoms with E-state index in [1.807, 2.05) is 0 Å². The van der Waals surface area contributed by atoms with Gasteiger partial charge in [0.25, 0.3) is 0 Å². The molecule has 0 aliphatic carbocycles. The van der Waals surface area contributed by atoms with Crippen molar-refractivity contribution >= 4 is 11.6 Å². The first-order chi connectivity index (χ1) is 8.19. The minimum Gasteiger partial charge on any atom is -0.457 e. The second kappa shape index (κ2) is 4.80. The number of nitrogens with two attached hydrogens (primary N) is 2. The van der Waals surface area contributed by atoms with E-state index in [0.717, 1.165) is 5.56 Å². The van der Waals surface area contributed by atoms with Gasteiger partial charge in [0.1, 0.15) is 11.6 Å². The van der Waals surface area contributed by atoms with E-state index >= 15 is 0 Å². The fourth-order valence-corrected chi connectivity index (χ4v) is 1.51. The van der Waals surface area contributed by atoms with E-state index in [1.165, 1.54) is 0 Å². The number of rotatable bonds is 4. The molecular formula is C12H13N3O2. The first-order valence-electron chi connectivity index (χ1n) is 5.21. The normalized spacial score (nSPS) is 10.4. The second-order valence-electron chi connectivity index (χ2n) is 3.66. The van der Waals surface area contributed by atoms with E-state index in [4.69, 9.17) is 15.9 Å². The van der Waals surface area contributed by atoms with Crippen molar-refractivity contribution in [1.82, 2.24) is 4.98 Å². The van der Waals surface area contributed by atoms with Gasteiger partial charge in [0, 0.05) is 12.6 Å². The third kappa shape index (κ3) is 2.70. The highest BCUT2D eigenvalue weighted by atomic mass is 16.3. The van der Waals surface area contributed by atoms with Crippen LogP contribution in [0, 0.1) is 0 Å². The molecule has 0 atom stereocenters. The number of hydrogen-bond acceptors (Lipinski definition) is 5. The largest absolute Gasteiger partial charge is 0.457 e. The van der Waals surface area contributed by atoms with Crippen molar-refractivity contribution in [3.63, 3.8) is 0 Å².